The molecule has 0 bridgehead atoms. The number of ether oxygens (including phenoxy) is 1. The highest BCUT2D eigenvalue weighted by atomic mass is 19.1. The highest BCUT2D eigenvalue weighted by molar-refractivity contribution is 5.90. The van der Waals surface area contributed by atoms with Gasteiger partial charge in [-0.15, -0.1) is 0 Å². The number of hydrogen-bond acceptors (Lipinski definition) is 3. The molecule has 3 nitrogen and oxygen atoms in total. The van der Waals surface area contributed by atoms with Crippen molar-refractivity contribution >= 4 is 12.3 Å². The SMILES string of the molecule is O=Cc1ccc(C(=O)OCc2ccc(F)cc2)cc1. The lowest BCUT2D eigenvalue weighted by atomic mass is 10.1. The average molecular weight is 258 g/mol. The van der Waals surface area contributed by atoms with E-state index in [1.807, 2.05) is 0 Å². The molecule has 0 aliphatic rings. The van der Waals surface area contributed by atoms with Gasteiger partial charge in [0.25, 0.3) is 0 Å². The van der Waals surface area contributed by atoms with Gasteiger partial charge in [0.05, 0.1) is 5.56 Å². The number of aldehydes is 1. The zero-order valence-electron chi connectivity index (χ0n) is 10.0. The third-order valence-corrected chi connectivity index (χ3v) is 2.57. The van der Waals surface area contributed by atoms with Crippen LogP contribution in [-0.2, 0) is 11.3 Å². The molecule has 0 spiro atoms. The third kappa shape index (κ3) is 3.48. The Hall–Kier alpha value is -2.49. The predicted octanol–water partition coefficient (Wildman–Crippen LogP) is 3.00. The van der Waals surface area contributed by atoms with E-state index in [4.69, 9.17) is 4.74 Å². The second-order valence-electron chi connectivity index (χ2n) is 3.94. The molecule has 0 fully saturated rings. The Labute approximate surface area is 109 Å². The zero-order chi connectivity index (χ0) is 13.7. The maximum absolute atomic E-state index is 12.7. The summed E-state index contributed by atoms with van der Waals surface area (Å²) in [5.74, 6) is -0.818. The quantitative estimate of drug-likeness (QED) is 0.625. The zero-order valence-corrected chi connectivity index (χ0v) is 10.0. The van der Waals surface area contributed by atoms with Gasteiger partial charge in [0.15, 0.2) is 0 Å². The minimum atomic E-state index is -0.484. The van der Waals surface area contributed by atoms with E-state index in [1.165, 1.54) is 24.3 Å². The highest BCUT2D eigenvalue weighted by Crippen LogP contribution is 2.08. The van der Waals surface area contributed by atoms with Crippen LogP contribution >= 0.6 is 0 Å². The number of halogens is 1. The van der Waals surface area contributed by atoms with Crippen molar-refractivity contribution in [1.82, 2.24) is 0 Å². The van der Waals surface area contributed by atoms with Gasteiger partial charge in [-0.05, 0) is 29.8 Å². The molecule has 0 saturated heterocycles. The number of hydrogen-bond donors (Lipinski definition) is 0. The van der Waals surface area contributed by atoms with Gasteiger partial charge >= 0.3 is 5.97 Å². The number of esters is 1. The van der Waals surface area contributed by atoms with Gasteiger partial charge in [-0.25, -0.2) is 9.18 Å². The Kier molecular flexibility index (Phi) is 4.03. The third-order valence-electron chi connectivity index (χ3n) is 2.57. The summed E-state index contributed by atoms with van der Waals surface area (Å²) in [5, 5.41) is 0. The highest BCUT2D eigenvalue weighted by Gasteiger charge is 2.07. The largest absolute Gasteiger partial charge is 0.457 e. The molecular formula is C15H11FO3. The van der Waals surface area contributed by atoms with Crippen LogP contribution in [0.3, 0.4) is 0 Å². The molecule has 19 heavy (non-hydrogen) atoms. The summed E-state index contributed by atoms with van der Waals surface area (Å²) in [6, 6.07) is 11.9. The summed E-state index contributed by atoms with van der Waals surface area (Å²) in [5.41, 5.74) is 1.57. The van der Waals surface area contributed by atoms with E-state index in [9.17, 15) is 14.0 Å². The summed E-state index contributed by atoms with van der Waals surface area (Å²) in [4.78, 5) is 22.2. The van der Waals surface area contributed by atoms with Crippen molar-refractivity contribution in [1.29, 1.82) is 0 Å². The molecule has 96 valence electrons. The molecule has 2 aromatic carbocycles. The van der Waals surface area contributed by atoms with Crippen LogP contribution in [0.2, 0.25) is 0 Å². The van der Waals surface area contributed by atoms with Crippen LogP contribution in [0.25, 0.3) is 0 Å². The van der Waals surface area contributed by atoms with Gasteiger partial charge in [0.2, 0.25) is 0 Å². The van der Waals surface area contributed by atoms with Crippen molar-refractivity contribution in [3.63, 3.8) is 0 Å². The first-order valence-corrected chi connectivity index (χ1v) is 5.66. The molecule has 0 amide bonds. The van der Waals surface area contributed by atoms with E-state index < -0.39 is 5.97 Å². The van der Waals surface area contributed by atoms with Gasteiger partial charge in [0, 0.05) is 5.56 Å². The predicted molar refractivity (Wildman–Crippen MR) is 67.3 cm³/mol. The van der Waals surface area contributed by atoms with Crippen molar-refractivity contribution in [2.75, 3.05) is 0 Å². The first kappa shape index (κ1) is 13.0. The molecular weight excluding hydrogens is 247 g/mol. The van der Waals surface area contributed by atoms with Crippen LogP contribution in [0, 0.1) is 5.82 Å². The maximum Gasteiger partial charge on any atom is 0.338 e. The number of rotatable bonds is 4. The molecule has 0 aliphatic heterocycles. The maximum atomic E-state index is 12.7. The van der Waals surface area contributed by atoms with E-state index in [2.05, 4.69) is 0 Å². The summed E-state index contributed by atoms with van der Waals surface area (Å²) in [6.45, 7) is 0.0779. The summed E-state index contributed by atoms with van der Waals surface area (Å²) >= 11 is 0. The summed E-state index contributed by atoms with van der Waals surface area (Å²) in [6.07, 6.45) is 0.702. The van der Waals surface area contributed by atoms with Crippen LogP contribution in [0.1, 0.15) is 26.3 Å². The van der Waals surface area contributed by atoms with Gasteiger partial charge in [0.1, 0.15) is 18.7 Å². The number of carbonyl (C=O) groups is 2. The summed E-state index contributed by atoms with van der Waals surface area (Å²) < 4.78 is 17.8. The van der Waals surface area contributed by atoms with Crippen molar-refractivity contribution in [3.8, 4) is 0 Å². The second kappa shape index (κ2) is 5.91. The van der Waals surface area contributed by atoms with Crippen LogP contribution < -0.4 is 0 Å². The van der Waals surface area contributed by atoms with Crippen molar-refractivity contribution in [2.45, 2.75) is 6.61 Å². The molecule has 0 aromatic heterocycles. The lowest BCUT2D eigenvalue weighted by Crippen LogP contribution is -2.05. The lowest BCUT2D eigenvalue weighted by Gasteiger charge is -2.05. The molecule has 0 unspecified atom stereocenters. The van der Waals surface area contributed by atoms with Gasteiger partial charge in [-0.2, -0.15) is 0 Å². The molecule has 0 saturated carbocycles. The number of carbonyl (C=O) groups excluding carboxylic acids is 2. The monoisotopic (exact) mass is 258 g/mol. The Bertz CT molecular complexity index is 573. The van der Waals surface area contributed by atoms with E-state index in [-0.39, 0.29) is 12.4 Å². The number of benzene rings is 2. The normalized spacial score (nSPS) is 9.95. The minimum Gasteiger partial charge on any atom is -0.457 e. The van der Waals surface area contributed by atoms with Gasteiger partial charge < -0.3 is 4.74 Å². The van der Waals surface area contributed by atoms with Crippen molar-refractivity contribution < 1.29 is 18.7 Å². The molecule has 2 aromatic rings. The molecule has 0 atom stereocenters. The lowest BCUT2D eigenvalue weighted by molar-refractivity contribution is 0.0472. The first-order valence-electron chi connectivity index (χ1n) is 5.66. The first-order chi connectivity index (χ1) is 9.19. The molecule has 0 aliphatic carbocycles. The minimum absolute atomic E-state index is 0.0779. The smallest absolute Gasteiger partial charge is 0.338 e. The van der Waals surface area contributed by atoms with E-state index in [0.29, 0.717) is 23.0 Å². The molecule has 0 heterocycles. The fraction of sp³-hybridized carbons (Fsp3) is 0.0667. The fourth-order valence-corrected chi connectivity index (χ4v) is 1.51. The van der Waals surface area contributed by atoms with Crippen molar-refractivity contribution in [2.24, 2.45) is 0 Å². The molecule has 0 N–H and O–H groups in total. The summed E-state index contributed by atoms with van der Waals surface area (Å²) in [7, 11) is 0. The van der Waals surface area contributed by atoms with Crippen molar-refractivity contribution in [3.05, 3.63) is 71.0 Å². The van der Waals surface area contributed by atoms with E-state index >= 15 is 0 Å². The fourth-order valence-electron chi connectivity index (χ4n) is 1.51. The standard InChI is InChI=1S/C15H11FO3/c16-14-7-3-12(4-8-14)10-19-15(18)13-5-1-11(9-17)2-6-13/h1-9H,10H2. The van der Waals surface area contributed by atoms with Crippen LogP contribution in [0.15, 0.2) is 48.5 Å². The Morgan fingerprint density at radius 3 is 2.26 bits per heavy atom. The Morgan fingerprint density at radius 1 is 1.05 bits per heavy atom. The molecule has 0 radical (unpaired) electrons. The van der Waals surface area contributed by atoms with E-state index in [1.54, 1.807) is 24.3 Å². The average Bonchev–Trinajstić information content (AvgIpc) is 2.46. The topological polar surface area (TPSA) is 43.4 Å². The van der Waals surface area contributed by atoms with E-state index in [0.717, 1.165) is 0 Å². The van der Waals surface area contributed by atoms with Crippen LogP contribution in [0.4, 0.5) is 4.39 Å². The van der Waals surface area contributed by atoms with Gasteiger partial charge in [-0.3, -0.25) is 4.79 Å². The second-order valence-corrected chi connectivity index (χ2v) is 3.94. The van der Waals surface area contributed by atoms with Crippen LogP contribution in [0.5, 0.6) is 0 Å². The Balaban J connectivity index is 1.96. The molecule has 2 rings (SSSR count). The molecule has 4 heteroatoms. The Morgan fingerprint density at radius 2 is 1.68 bits per heavy atom. The van der Waals surface area contributed by atoms with Gasteiger partial charge in [-0.1, -0.05) is 24.3 Å². The van der Waals surface area contributed by atoms with Crippen LogP contribution in [-0.4, -0.2) is 12.3 Å².